The second kappa shape index (κ2) is 5.58. The van der Waals surface area contributed by atoms with Crippen molar-refractivity contribution in [1.29, 1.82) is 0 Å². The number of benzene rings is 1. The number of anilines is 1. The molecular weight excluding hydrogens is 268 g/mol. The molecule has 6 heteroatoms. The Balaban J connectivity index is 2.18. The predicted octanol–water partition coefficient (Wildman–Crippen LogP) is 2.54. The number of rotatable bonds is 3. The van der Waals surface area contributed by atoms with E-state index in [0.717, 1.165) is 0 Å². The molecule has 0 saturated carbocycles. The summed E-state index contributed by atoms with van der Waals surface area (Å²) in [6.45, 7) is 0. The molecule has 0 aliphatic carbocycles. The molecule has 2 rings (SSSR count). The van der Waals surface area contributed by atoms with E-state index in [2.05, 4.69) is 10.6 Å². The normalized spacial score (nSPS) is 10.0. The van der Waals surface area contributed by atoms with Crippen molar-refractivity contribution in [2.24, 2.45) is 0 Å². The molecule has 0 spiro atoms. The van der Waals surface area contributed by atoms with Crippen LogP contribution >= 0.6 is 11.6 Å². The van der Waals surface area contributed by atoms with E-state index in [9.17, 15) is 9.59 Å². The van der Waals surface area contributed by atoms with Crippen molar-refractivity contribution in [1.82, 2.24) is 5.32 Å². The minimum absolute atomic E-state index is 0.0277. The van der Waals surface area contributed by atoms with Crippen LogP contribution in [0.5, 0.6) is 0 Å². The van der Waals surface area contributed by atoms with Crippen molar-refractivity contribution in [3.8, 4) is 0 Å². The van der Waals surface area contributed by atoms with Gasteiger partial charge in [0.1, 0.15) is 0 Å². The monoisotopic (exact) mass is 278 g/mol. The van der Waals surface area contributed by atoms with Gasteiger partial charge >= 0.3 is 0 Å². The van der Waals surface area contributed by atoms with E-state index in [1.165, 1.54) is 12.3 Å². The Morgan fingerprint density at radius 1 is 1.21 bits per heavy atom. The van der Waals surface area contributed by atoms with Gasteiger partial charge in [-0.15, -0.1) is 0 Å². The average Bonchev–Trinajstić information content (AvgIpc) is 2.84. The molecule has 2 amide bonds. The lowest BCUT2D eigenvalue weighted by Gasteiger charge is -2.06. The lowest BCUT2D eigenvalue weighted by atomic mass is 10.2. The number of amides is 2. The topological polar surface area (TPSA) is 71.3 Å². The molecule has 1 aromatic carbocycles. The van der Waals surface area contributed by atoms with Crippen LogP contribution in [0.1, 0.15) is 20.7 Å². The van der Waals surface area contributed by atoms with Crippen molar-refractivity contribution in [2.75, 3.05) is 12.4 Å². The molecule has 5 nitrogen and oxygen atoms in total. The molecule has 0 saturated heterocycles. The van der Waals surface area contributed by atoms with E-state index >= 15 is 0 Å². The number of halogens is 1. The standard InChI is InChI=1S/C13H11ClN2O3/c1-15-12(17)8-3-2-4-9(7-8)16-13(18)10-5-6-19-11(10)14/h2-7H,1H3,(H,15,17)(H,16,18). The first-order valence-electron chi connectivity index (χ1n) is 5.48. The number of hydrogen-bond donors (Lipinski definition) is 2. The number of furan rings is 1. The summed E-state index contributed by atoms with van der Waals surface area (Å²) in [5.41, 5.74) is 1.20. The molecule has 98 valence electrons. The minimum Gasteiger partial charge on any atom is -0.452 e. The Morgan fingerprint density at radius 3 is 2.63 bits per heavy atom. The lowest BCUT2D eigenvalue weighted by Crippen LogP contribution is -2.18. The van der Waals surface area contributed by atoms with Crippen LogP contribution in [-0.2, 0) is 0 Å². The number of nitrogens with one attached hydrogen (secondary N) is 2. The fraction of sp³-hybridized carbons (Fsp3) is 0.0769. The van der Waals surface area contributed by atoms with Gasteiger partial charge in [0, 0.05) is 18.3 Å². The van der Waals surface area contributed by atoms with Crippen LogP contribution in [0.2, 0.25) is 5.22 Å². The summed E-state index contributed by atoms with van der Waals surface area (Å²) in [6, 6.07) is 8.06. The second-order valence-corrected chi connectivity index (χ2v) is 4.07. The van der Waals surface area contributed by atoms with E-state index in [1.54, 1.807) is 31.3 Å². The first-order valence-corrected chi connectivity index (χ1v) is 5.86. The molecule has 0 atom stereocenters. The highest BCUT2D eigenvalue weighted by Crippen LogP contribution is 2.19. The quantitative estimate of drug-likeness (QED) is 0.906. The summed E-state index contributed by atoms with van der Waals surface area (Å²) in [7, 11) is 1.54. The van der Waals surface area contributed by atoms with E-state index in [4.69, 9.17) is 16.0 Å². The summed E-state index contributed by atoms with van der Waals surface area (Å²) >= 11 is 5.71. The van der Waals surface area contributed by atoms with Gasteiger partial charge in [-0.1, -0.05) is 6.07 Å². The summed E-state index contributed by atoms with van der Waals surface area (Å²) in [4.78, 5) is 23.4. The Hall–Kier alpha value is -2.27. The average molecular weight is 279 g/mol. The molecule has 2 aromatic rings. The third-order valence-electron chi connectivity index (χ3n) is 2.47. The van der Waals surface area contributed by atoms with Crippen LogP contribution in [0.25, 0.3) is 0 Å². The number of hydrogen-bond acceptors (Lipinski definition) is 3. The van der Waals surface area contributed by atoms with Crippen LogP contribution < -0.4 is 10.6 Å². The Kier molecular flexibility index (Phi) is 3.87. The second-order valence-electron chi connectivity index (χ2n) is 3.72. The summed E-state index contributed by atoms with van der Waals surface area (Å²) in [6.07, 6.45) is 1.33. The van der Waals surface area contributed by atoms with Gasteiger partial charge in [0.2, 0.25) is 5.22 Å². The van der Waals surface area contributed by atoms with Crippen molar-refractivity contribution < 1.29 is 14.0 Å². The Labute approximate surface area is 114 Å². The summed E-state index contributed by atoms with van der Waals surface area (Å²) in [5, 5.41) is 5.18. The van der Waals surface area contributed by atoms with E-state index in [1.807, 2.05) is 0 Å². The van der Waals surface area contributed by atoms with Crippen LogP contribution in [0, 0.1) is 0 Å². The molecule has 1 aromatic heterocycles. The van der Waals surface area contributed by atoms with E-state index in [-0.39, 0.29) is 16.7 Å². The minimum atomic E-state index is -0.396. The third-order valence-corrected chi connectivity index (χ3v) is 2.76. The predicted molar refractivity (Wildman–Crippen MR) is 71.5 cm³/mol. The molecule has 0 bridgehead atoms. The molecule has 0 aliphatic rings. The first kappa shape index (κ1) is 13.2. The zero-order valence-electron chi connectivity index (χ0n) is 10.1. The fourth-order valence-electron chi connectivity index (χ4n) is 1.54. The van der Waals surface area contributed by atoms with Crippen molar-refractivity contribution in [2.45, 2.75) is 0 Å². The maximum absolute atomic E-state index is 11.9. The highest BCUT2D eigenvalue weighted by Gasteiger charge is 2.13. The highest BCUT2D eigenvalue weighted by atomic mass is 35.5. The lowest BCUT2D eigenvalue weighted by molar-refractivity contribution is 0.0961. The number of carbonyl (C=O) groups excluding carboxylic acids is 2. The maximum atomic E-state index is 11.9. The molecule has 0 unspecified atom stereocenters. The number of carbonyl (C=O) groups is 2. The molecule has 2 N–H and O–H groups in total. The third kappa shape index (κ3) is 2.95. The van der Waals surface area contributed by atoms with Crippen LogP contribution in [0.15, 0.2) is 41.0 Å². The zero-order valence-corrected chi connectivity index (χ0v) is 10.8. The molecular formula is C13H11ClN2O3. The first-order chi connectivity index (χ1) is 9.11. The van der Waals surface area contributed by atoms with Gasteiger partial charge < -0.3 is 15.1 Å². The van der Waals surface area contributed by atoms with Crippen molar-refractivity contribution in [3.05, 3.63) is 52.9 Å². The molecule has 0 aliphatic heterocycles. The van der Waals surface area contributed by atoms with Gasteiger partial charge in [0.15, 0.2) is 0 Å². The van der Waals surface area contributed by atoms with Gasteiger partial charge in [-0.25, -0.2) is 0 Å². The van der Waals surface area contributed by atoms with E-state index < -0.39 is 5.91 Å². The van der Waals surface area contributed by atoms with Gasteiger partial charge in [-0.2, -0.15) is 0 Å². The van der Waals surface area contributed by atoms with Crippen molar-refractivity contribution in [3.63, 3.8) is 0 Å². The SMILES string of the molecule is CNC(=O)c1cccc(NC(=O)c2ccoc2Cl)c1. The van der Waals surface area contributed by atoms with Gasteiger partial charge in [0.25, 0.3) is 11.8 Å². The molecule has 1 heterocycles. The van der Waals surface area contributed by atoms with Crippen LogP contribution in [0.3, 0.4) is 0 Å². The summed E-state index contributed by atoms with van der Waals surface area (Å²) in [5.74, 6) is -0.620. The van der Waals surface area contributed by atoms with Crippen molar-refractivity contribution >= 4 is 29.1 Å². The largest absolute Gasteiger partial charge is 0.452 e. The highest BCUT2D eigenvalue weighted by molar-refractivity contribution is 6.32. The maximum Gasteiger partial charge on any atom is 0.260 e. The molecule has 19 heavy (non-hydrogen) atoms. The van der Waals surface area contributed by atoms with E-state index in [0.29, 0.717) is 11.3 Å². The molecule has 0 fully saturated rings. The summed E-state index contributed by atoms with van der Waals surface area (Å²) < 4.78 is 4.84. The van der Waals surface area contributed by atoms with Gasteiger partial charge in [-0.3, -0.25) is 9.59 Å². The molecule has 0 radical (unpaired) electrons. The van der Waals surface area contributed by atoms with Gasteiger partial charge in [-0.05, 0) is 35.9 Å². The van der Waals surface area contributed by atoms with Gasteiger partial charge in [0.05, 0.1) is 11.8 Å². The smallest absolute Gasteiger partial charge is 0.260 e. The zero-order chi connectivity index (χ0) is 13.8. The fourth-order valence-corrected chi connectivity index (χ4v) is 1.74. The van der Waals surface area contributed by atoms with Crippen LogP contribution in [0.4, 0.5) is 5.69 Å². The Morgan fingerprint density at radius 2 is 2.00 bits per heavy atom. The Bertz CT molecular complexity index is 622. The van der Waals surface area contributed by atoms with Crippen LogP contribution in [-0.4, -0.2) is 18.9 Å².